The molecule has 0 spiro atoms. The first-order valence-electron chi connectivity index (χ1n) is 3.52. The van der Waals surface area contributed by atoms with Gasteiger partial charge in [-0.2, -0.15) is 13.2 Å². The van der Waals surface area contributed by atoms with Crippen molar-refractivity contribution in [2.45, 2.75) is 18.3 Å². The molecule has 72 valence electrons. The molecule has 2 nitrogen and oxygen atoms in total. The van der Waals surface area contributed by atoms with E-state index < -0.39 is 24.2 Å². The second kappa shape index (κ2) is 3.05. The van der Waals surface area contributed by atoms with Crippen molar-refractivity contribution in [3.63, 3.8) is 0 Å². The zero-order valence-corrected chi connectivity index (χ0v) is 6.91. The maximum atomic E-state index is 12.0. The summed E-state index contributed by atoms with van der Waals surface area (Å²) in [6.45, 7) is 0.932. The fourth-order valence-electron chi connectivity index (χ4n) is 1.54. The third kappa shape index (κ3) is 1.53. The molecule has 1 heterocycles. The molecule has 1 saturated carbocycles. The van der Waals surface area contributed by atoms with Crippen molar-refractivity contribution in [2.75, 3.05) is 13.2 Å². The Bertz CT molecular complexity index is 163. The molecule has 0 aromatic carbocycles. The van der Waals surface area contributed by atoms with E-state index in [2.05, 4.69) is 5.32 Å². The quantitative estimate of drug-likeness (QED) is 0.633. The average molecular weight is 204 g/mol. The minimum Gasteiger partial charge on any atom is -0.375 e. The van der Waals surface area contributed by atoms with Crippen LogP contribution in [0.3, 0.4) is 0 Å². The number of ether oxygens (including phenoxy) is 1. The van der Waals surface area contributed by atoms with Crippen molar-refractivity contribution in [1.82, 2.24) is 5.32 Å². The van der Waals surface area contributed by atoms with E-state index in [0.29, 0.717) is 13.2 Å². The molecule has 0 aromatic rings. The van der Waals surface area contributed by atoms with E-state index in [1.165, 1.54) is 0 Å². The Morgan fingerprint density at radius 2 is 2.00 bits per heavy atom. The Hall–Kier alpha value is -0.0000000000000000416. The van der Waals surface area contributed by atoms with Crippen LogP contribution in [0.15, 0.2) is 0 Å². The summed E-state index contributed by atoms with van der Waals surface area (Å²) < 4.78 is 41.0. The first-order chi connectivity index (χ1) is 5.11. The highest BCUT2D eigenvalue weighted by Crippen LogP contribution is 2.47. The second-order valence-electron chi connectivity index (χ2n) is 2.88. The monoisotopic (exact) mass is 203 g/mol. The van der Waals surface area contributed by atoms with E-state index in [-0.39, 0.29) is 12.4 Å². The summed E-state index contributed by atoms with van der Waals surface area (Å²) in [4.78, 5) is 0. The Labute approximate surface area is 73.9 Å². The van der Waals surface area contributed by atoms with Gasteiger partial charge in [0.2, 0.25) is 0 Å². The highest BCUT2D eigenvalue weighted by molar-refractivity contribution is 5.85. The number of fused-ring (bicyclic) bond motifs is 1. The first-order valence-corrected chi connectivity index (χ1v) is 3.52. The molecule has 0 unspecified atom stereocenters. The Morgan fingerprint density at radius 3 is 2.42 bits per heavy atom. The van der Waals surface area contributed by atoms with Crippen LogP contribution in [0.25, 0.3) is 0 Å². The number of alkyl halides is 3. The van der Waals surface area contributed by atoms with Crippen LogP contribution in [0.5, 0.6) is 0 Å². The molecular formula is C6H9ClF3NO. The van der Waals surface area contributed by atoms with E-state index in [4.69, 9.17) is 4.74 Å². The van der Waals surface area contributed by atoms with Gasteiger partial charge in [-0.1, -0.05) is 0 Å². The topological polar surface area (TPSA) is 21.3 Å². The molecule has 2 rings (SSSR count). The third-order valence-corrected chi connectivity index (χ3v) is 2.12. The van der Waals surface area contributed by atoms with Gasteiger partial charge in [-0.25, -0.2) is 0 Å². The van der Waals surface area contributed by atoms with E-state index >= 15 is 0 Å². The summed E-state index contributed by atoms with van der Waals surface area (Å²) in [6.07, 6.45) is -4.70. The molecule has 0 radical (unpaired) electrons. The van der Waals surface area contributed by atoms with Crippen LogP contribution in [-0.2, 0) is 4.74 Å². The Kier molecular flexibility index (Phi) is 2.56. The number of hydrogen-bond donors (Lipinski definition) is 1. The Balaban J connectivity index is 0.000000720. The van der Waals surface area contributed by atoms with Crippen LogP contribution < -0.4 is 5.32 Å². The molecule has 6 heteroatoms. The van der Waals surface area contributed by atoms with E-state index in [1.54, 1.807) is 0 Å². The minimum absolute atomic E-state index is 0. The molecule has 0 aromatic heterocycles. The maximum Gasteiger partial charge on any atom is 0.395 e. The lowest BCUT2D eigenvalue weighted by Crippen LogP contribution is -2.31. The average Bonchev–Trinajstić information content (AvgIpc) is 2.58. The van der Waals surface area contributed by atoms with Gasteiger partial charge in [0.1, 0.15) is 5.92 Å². The van der Waals surface area contributed by atoms with Gasteiger partial charge in [0, 0.05) is 12.6 Å². The van der Waals surface area contributed by atoms with E-state index in [1.807, 2.05) is 0 Å². The number of halogens is 4. The van der Waals surface area contributed by atoms with Crippen molar-refractivity contribution < 1.29 is 17.9 Å². The normalized spacial score (nSPS) is 39.8. The van der Waals surface area contributed by atoms with Gasteiger partial charge in [-0.3, -0.25) is 0 Å². The van der Waals surface area contributed by atoms with E-state index in [9.17, 15) is 13.2 Å². The lowest BCUT2D eigenvalue weighted by molar-refractivity contribution is -0.156. The van der Waals surface area contributed by atoms with Crippen molar-refractivity contribution in [3.05, 3.63) is 0 Å². The largest absolute Gasteiger partial charge is 0.395 e. The summed E-state index contributed by atoms with van der Waals surface area (Å²) in [5.74, 6) is -1.26. The number of morpholine rings is 1. The van der Waals surface area contributed by atoms with Crippen molar-refractivity contribution in [3.8, 4) is 0 Å². The number of hydrogen-bond acceptors (Lipinski definition) is 2. The fourth-order valence-corrected chi connectivity index (χ4v) is 1.54. The number of nitrogens with one attached hydrogen (secondary N) is 1. The zero-order chi connectivity index (χ0) is 8.06. The highest BCUT2D eigenvalue weighted by atomic mass is 35.5. The molecule has 1 aliphatic heterocycles. The smallest absolute Gasteiger partial charge is 0.375 e. The molecule has 0 amide bonds. The lowest BCUT2D eigenvalue weighted by Gasteiger charge is -2.09. The minimum atomic E-state index is -4.09. The summed E-state index contributed by atoms with van der Waals surface area (Å²) in [7, 11) is 0. The maximum absolute atomic E-state index is 12.0. The first kappa shape index (κ1) is 10.1. The molecule has 2 fully saturated rings. The second-order valence-corrected chi connectivity index (χ2v) is 2.88. The van der Waals surface area contributed by atoms with Crippen LogP contribution in [-0.4, -0.2) is 31.5 Å². The van der Waals surface area contributed by atoms with Crippen LogP contribution in [0.2, 0.25) is 0 Å². The summed E-state index contributed by atoms with van der Waals surface area (Å²) >= 11 is 0. The van der Waals surface area contributed by atoms with Gasteiger partial charge in [-0.05, 0) is 0 Å². The molecule has 2 aliphatic rings. The van der Waals surface area contributed by atoms with Gasteiger partial charge in [0.15, 0.2) is 0 Å². The van der Waals surface area contributed by atoms with Crippen LogP contribution in [0, 0.1) is 5.92 Å². The molecule has 12 heavy (non-hydrogen) atoms. The van der Waals surface area contributed by atoms with Crippen molar-refractivity contribution in [2.24, 2.45) is 5.92 Å². The highest BCUT2D eigenvalue weighted by Gasteiger charge is 2.66. The van der Waals surface area contributed by atoms with Gasteiger partial charge in [0.25, 0.3) is 0 Å². The predicted molar refractivity (Wildman–Crippen MR) is 38.3 cm³/mol. The third-order valence-electron chi connectivity index (χ3n) is 2.12. The van der Waals surface area contributed by atoms with Gasteiger partial charge >= 0.3 is 6.18 Å². The molecule has 3 atom stereocenters. The van der Waals surface area contributed by atoms with Gasteiger partial charge in [0.05, 0.1) is 12.7 Å². The van der Waals surface area contributed by atoms with E-state index in [0.717, 1.165) is 0 Å². The molecule has 0 bridgehead atoms. The summed E-state index contributed by atoms with van der Waals surface area (Å²) in [6, 6.07) is -0.469. The fraction of sp³-hybridized carbons (Fsp3) is 1.00. The van der Waals surface area contributed by atoms with Gasteiger partial charge < -0.3 is 10.1 Å². The standard InChI is InChI=1S/C6H8F3NO.ClH/c7-6(8,9)3-4-5(3)11-2-1-10-4;/h3-5,10H,1-2H2;1H/t3-,4-,5+;/m1./s1. The summed E-state index contributed by atoms with van der Waals surface area (Å²) in [5.41, 5.74) is 0. The summed E-state index contributed by atoms with van der Waals surface area (Å²) in [5, 5.41) is 2.77. The van der Waals surface area contributed by atoms with Crippen molar-refractivity contribution >= 4 is 12.4 Å². The Morgan fingerprint density at radius 1 is 1.33 bits per heavy atom. The van der Waals surface area contributed by atoms with Crippen LogP contribution in [0.1, 0.15) is 0 Å². The SMILES string of the molecule is Cl.FC(F)(F)[C@@H]1[C@H]2NCCO[C@H]21. The predicted octanol–water partition coefficient (Wildman–Crippen LogP) is 0.957. The lowest BCUT2D eigenvalue weighted by atomic mass is 10.4. The van der Waals surface area contributed by atoms with Crippen LogP contribution in [0.4, 0.5) is 13.2 Å². The van der Waals surface area contributed by atoms with Gasteiger partial charge in [-0.15, -0.1) is 12.4 Å². The molecule has 1 saturated heterocycles. The molecule has 1 aliphatic carbocycles. The number of rotatable bonds is 0. The van der Waals surface area contributed by atoms with Crippen molar-refractivity contribution in [1.29, 1.82) is 0 Å². The molecule has 1 N–H and O–H groups in total. The zero-order valence-electron chi connectivity index (χ0n) is 6.10. The molecular weight excluding hydrogens is 195 g/mol. The van der Waals surface area contributed by atoms with Crippen LogP contribution >= 0.6 is 12.4 Å².